The number of ketones is 1. The number of ether oxygens (including phenoxy) is 2. The Hall–Kier alpha value is -2.90. The Balaban J connectivity index is 1.69. The van der Waals surface area contributed by atoms with E-state index < -0.39 is 5.97 Å². The predicted octanol–water partition coefficient (Wildman–Crippen LogP) is 4.99. The first kappa shape index (κ1) is 18.9. The Morgan fingerprint density at radius 1 is 1.11 bits per heavy atom. The highest BCUT2D eigenvalue weighted by atomic mass is 32.1. The Bertz CT molecular complexity index is 970. The van der Waals surface area contributed by atoms with Crippen LogP contribution < -0.4 is 9.47 Å². The summed E-state index contributed by atoms with van der Waals surface area (Å²) < 4.78 is 11.2. The maximum Gasteiger partial charge on any atom is 0.345 e. The molecule has 7 heteroatoms. The number of aromatic carboxylic acids is 1. The minimum absolute atomic E-state index is 0.140. The van der Waals surface area contributed by atoms with Crippen molar-refractivity contribution in [2.24, 2.45) is 0 Å². The van der Waals surface area contributed by atoms with Gasteiger partial charge in [0.2, 0.25) is 0 Å². The molecule has 0 spiro atoms. The first-order chi connectivity index (χ1) is 13.1. The third kappa shape index (κ3) is 4.84. The van der Waals surface area contributed by atoms with Crippen molar-refractivity contribution in [3.8, 4) is 11.5 Å². The van der Waals surface area contributed by atoms with Gasteiger partial charge in [-0.1, -0.05) is 18.2 Å². The smallest absolute Gasteiger partial charge is 0.345 e. The SMILES string of the molecule is COc1cc(/C=C/C(=O)c2ccc(C(=O)O)s2)ccc1OCc1cccs1. The number of carboxylic acids is 1. The molecule has 0 radical (unpaired) electrons. The van der Waals surface area contributed by atoms with Crippen LogP contribution >= 0.6 is 22.7 Å². The van der Waals surface area contributed by atoms with Gasteiger partial charge in [0.05, 0.1) is 12.0 Å². The number of allylic oxidation sites excluding steroid dienone is 1. The number of methoxy groups -OCH3 is 1. The first-order valence-electron chi connectivity index (χ1n) is 7.95. The van der Waals surface area contributed by atoms with Crippen LogP contribution in [0.1, 0.15) is 29.8 Å². The molecule has 0 aliphatic rings. The summed E-state index contributed by atoms with van der Waals surface area (Å²) in [5, 5.41) is 10.9. The van der Waals surface area contributed by atoms with Crippen LogP contribution in [0.15, 0.2) is 53.9 Å². The van der Waals surface area contributed by atoms with E-state index in [-0.39, 0.29) is 10.7 Å². The molecule has 0 saturated heterocycles. The van der Waals surface area contributed by atoms with Crippen molar-refractivity contribution in [3.63, 3.8) is 0 Å². The average molecular weight is 400 g/mol. The molecule has 0 unspecified atom stereocenters. The van der Waals surface area contributed by atoms with Gasteiger partial charge >= 0.3 is 5.97 Å². The second-order valence-electron chi connectivity index (χ2n) is 5.44. The number of benzene rings is 1. The molecule has 3 rings (SSSR count). The molecule has 1 N–H and O–H groups in total. The number of thiophene rings is 2. The molecule has 27 heavy (non-hydrogen) atoms. The van der Waals surface area contributed by atoms with Gasteiger partial charge < -0.3 is 14.6 Å². The maximum absolute atomic E-state index is 12.2. The highest BCUT2D eigenvalue weighted by Gasteiger charge is 2.11. The van der Waals surface area contributed by atoms with Crippen LogP contribution in [-0.4, -0.2) is 24.0 Å². The largest absolute Gasteiger partial charge is 0.493 e. The van der Waals surface area contributed by atoms with Crippen molar-refractivity contribution in [1.29, 1.82) is 0 Å². The van der Waals surface area contributed by atoms with Gasteiger partial charge in [-0.25, -0.2) is 4.79 Å². The van der Waals surface area contributed by atoms with E-state index in [0.717, 1.165) is 21.8 Å². The lowest BCUT2D eigenvalue weighted by atomic mass is 10.1. The average Bonchev–Trinajstić information content (AvgIpc) is 3.36. The monoisotopic (exact) mass is 400 g/mol. The topological polar surface area (TPSA) is 72.8 Å². The quantitative estimate of drug-likeness (QED) is 0.426. The van der Waals surface area contributed by atoms with Crippen LogP contribution in [-0.2, 0) is 6.61 Å². The van der Waals surface area contributed by atoms with Gasteiger partial charge in [-0.05, 0) is 47.4 Å². The van der Waals surface area contributed by atoms with Gasteiger partial charge in [-0.15, -0.1) is 22.7 Å². The van der Waals surface area contributed by atoms with E-state index in [2.05, 4.69) is 0 Å². The minimum Gasteiger partial charge on any atom is -0.493 e. The lowest BCUT2D eigenvalue weighted by Crippen LogP contribution is -1.96. The second kappa shape index (κ2) is 8.66. The molecule has 5 nitrogen and oxygen atoms in total. The highest BCUT2D eigenvalue weighted by molar-refractivity contribution is 7.16. The van der Waals surface area contributed by atoms with E-state index in [0.29, 0.717) is 23.0 Å². The zero-order chi connectivity index (χ0) is 19.2. The fourth-order valence-electron chi connectivity index (χ4n) is 2.29. The van der Waals surface area contributed by atoms with E-state index in [1.165, 1.54) is 18.2 Å². The third-order valence-electron chi connectivity index (χ3n) is 3.62. The number of rotatable bonds is 8. The van der Waals surface area contributed by atoms with E-state index in [9.17, 15) is 9.59 Å². The van der Waals surface area contributed by atoms with E-state index >= 15 is 0 Å². The third-order valence-corrected chi connectivity index (χ3v) is 5.56. The molecular formula is C20H16O5S2. The lowest BCUT2D eigenvalue weighted by Gasteiger charge is -2.10. The number of carboxylic acid groups (broad SMARTS) is 1. The minimum atomic E-state index is -1.04. The van der Waals surface area contributed by atoms with E-state index in [4.69, 9.17) is 14.6 Å². The van der Waals surface area contributed by atoms with Crippen molar-refractivity contribution < 1.29 is 24.2 Å². The summed E-state index contributed by atoms with van der Waals surface area (Å²) in [6.07, 6.45) is 3.08. The fraction of sp³-hybridized carbons (Fsp3) is 0.100. The van der Waals surface area contributed by atoms with Crippen molar-refractivity contribution in [3.05, 3.63) is 74.1 Å². The summed E-state index contributed by atoms with van der Waals surface area (Å²) in [6.45, 7) is 0.464. The van der Waals surface area contributed by atoms with Crippen LogP contribution in [0.3, 0.4) is 0 Å². The molecular weight excluding hydrogens is 384 g/mol. The Morgan fingerprint density at radius 2 is 1.93 bits per heavy atom. The van der Waals surface area contributed by atoms with Gasteiger partial charge in [0, 0.05) is 4.88 Å². The zero-order valence-electron chi connectivity index (χ0n) is 14.4. The van der Waals surface area contributed by atoms with E-state index in [1.807, 2.05) is 23.6 Å². The number of carbonyl (C=O) groups is 2. The van der Waals surface area contributed by atoms with Gasteiger partial charge in [0.25, 0.3) is 0 Å². The number of hydrogen-bond donors (Lipinski definition) is 1. The molecule has 0 saturated carbocycles. The molecule has 0 atom stereocenters. The summed E-state index contributed by atoms with van der Waals surface area (Å²) in [7, 11) is 1.56. The summed E-state index contributed by atoms with van der Waals surface area (Å²) >= 11 is 2.58. The Morgan fingerprint density at radius 3 is 2.59 bits per heavy atom. The second-order valence-corrected chi connectivity index (χ2v) is 7.56. The van der Waals surface area contributed by atoms with E-state index in [1.54, 1.807) is 36.7 Å². The van der Waals surface area contributed by atoms with Crippen molar-refractivity contribution in [2.45, 2.75) is 6.61 Å². The highest BCUT2D eigenvalue weighted by Crippen LogP contribution is 2.30. The number of hydrogen-bond acceptors (Lipinski definition) is 6. The summed E-state index contributed by atoms with van der Waals surface area (Å²) in [5.41, 5.74) is 0.777. The van der Waals surface area contributed by atoms with Crippen LogP contribution in [0.25, 0.3) is 6.08 Å². The molecule has 0 fully saturated rings. The molecule has 0 amide bonds. The molecule has 1 aromatic carbocycles. The van der Waals surface area contributed by atoms with Gasteiger partial charge in [-0.3, -0.25) is 4.79 Å². The van der Waals surface area contributed by atoms with Gasteiger partial charge in [0.15, 0.2) is 17.3 Å². The first-order valence-corrected chi connectivity index (χ1v) is 9.65. The Kier molecular flexibility index (Phi) is 6.05. The van der Waals surface area contributed by atoms with Gasteiger partial charge in [0.1, 0.15) is 11.5 Å². The zero-order valence-corrected chi connectivity index (χ0v) is 16.0. The van der Waals surface area contributed by atoms with Crippen LogP contribution in [0, 0.1) is 0 Å². The summed E-state index contributed by atoms with van der Waals surface area (Å²) in [4.78, 5) is 24.7. The summed E-state index contributed by atoms with van der Waals surface area (Å²) in [6, 6.07) is 12.3. The fourth-order valence-corrected chi connectivity index (χ4v) is 3.67. The van der Waals surface area contributed by atoms with Gasteiger partial charge in [-0.2, -0.15) is 0 Å². The van der Waals surface area contributed by atoms with Crippen molar-refractivity contribution in [1.82, 2.24) is 0 Å². The standard InChI is InChI=1S/C20H16O5S2/c1-24-17-11-13(5-7-16(17)25-12-14-3-2-10-26-14)4-6-15(21)18-8-9-19(27-18)20(22)23/h2-11H,12H2,1H3,(H,22,23)/b6-4+. The maximum atomic E-state index is 12.2. The molecule has 0 aliphatic carbocycles. The number of carbonyl (C=O) groups excluding carboxylic acids is 1. The van der Waals surface area contributed by atoms with Crippen molar-refractivity contribution >= 4 is 40.5 Å². The van der Waals surface area contributed by atoms with Crippen LogP contribution in [0.4, 0.5) is 0 Å². The van der Waals surface area contributed by atoms with Crippen LogP contribution in [0.5, 0.6) is 11.5 Å². The lowest BCUT2D eigenvalue weighted by molar-refractivity contribution is 0.0702. The molecule has 0 bridgehead atoms. The van der Waals surface area contributed by atoms with Crippen molar-refractivity contribution in [2.75, 3.05) is 7.11 Å². The molecule has 3 aromatic rings. The Labute approximate surface area is 164 Å². The summed E-state index contributed by atoms with van der Waals surface area (Å²) in [5.74, 6) is -0.0837. The molecule has 0 aliphatic heterocycles. The molecule has 138 valence electrons. The molecule has 2 aromatic heterocycles. The predicted molar refractivity (Wildman–Crippen MR) is 106 cm³/mol. The van der Waals surface area contributed by atoms with Crippen LogP contribution in [0.2, 0.25) is 0 Å². The molecule has 2 heterocycles. The normalized spacial score (nSPS) is 10.9.